The first-order valence-electron chi connectivity index (χ1n) is 6.97. The molecule has 0 amide bonds. The number of hydrogen-bond acceptors (Lipinski definition) is 3. The van der Waals surface area contributed by atoms with Crippen LogP contribution in [-0.2, 0) is 9.53 Å². The lowest BCUT2D eigenvalue weighted by Gasteiger charge is -2.13. The molecule has 0 aromatic heterocycles. The molecule has 1 unspecified atom stereocenters. The molecule has 0 N–H and O–H groups in total. The highest BCUT2D eigenvalue weighted by Gasteiger charge is 2.18. The fraction of sp³-hybridized carbons (Fsp3) is 0.562. The molecule has 0 spiro atoms. The third-order valence-electron chi connectivity index (χ3n) is 3.78. The average molecular weight is 262 g/mol. The SMILES string of the molecule is Cc1ccc(C)c(OC(=O)CCC2CCCO2)c1C. The average Bonchev–Trinajstić information content (AvgIpc) is 2.90. The van der Waals surface area contributed by atoms with Crippen LogP contribution >= 0.6 is 0 Å². The maximum absolute atomic E-state index is 11.9. The Labute approximate surface area is 114 Å². The lowest BCUT2D eigenvalue weighted by molar-refractivity contribution is -0.135. The Morgan fingerprint density at radius 1 is 1.32 bits per heavy atom. The topological polar surface area (TPSA) is 35.5 Å². The molecule has 1 aliphatic heterocycles. The molecule has 19 heavy (non-hydrogen) atoms. The number of ether oxygens (including phenoxy) is 2. The minimum Gasteiger partial charge on any atom is -0.426 e. The minimum atomic E-state index is -0.160. The molecule has 0 bridgehead atoms. The third-order valence-corrected chi connectivity index (χ3v) is 3.78. The van der Waals surface area contributed by atoms with Gasteiger partial charge in [-0.1, -0.05) is 12.1 Å². The molecule has 2 rings (SSSR count). The van der Waals surface area contributed by atoms with Crippen LogP contribution in [0, 0.1) is 20.8 Å². The zero-order valence-electron chi connectivity index (χ0n) is 12.0. The van der Waals surface area contributed by atoms with Crippen molar-refractivity contribution < 1.29 is 14.3 Å². The van der Waals surface area contributed by atoms with Crippen molar-refractivity contribution in [1.82, 2.24) is 0 Å². The number of hydrogen-bond donors (Lipinski definition) is 0. The van der Waals surface area contributed by atoms with Gasteiger partial charge in [-0.3, -0.25) is 4.79 Å². The van der Waals surface area contributed by atoms with E-state index in [9.17, 15) is 4.79 Å². The number of aryl methyl sites for hydroxylation is 2. The molecule has 1 atom stereocenters. The van der Waals surface area contributed by atoms with E-state index in [1.807, 2.05) is 32.9 Å². The molecule has 0 saturated carbocycles. The van der Waals surface area contributed by atoms with Gasteiger partial charge >= 0.3 is 5.97 Å². The molecule has 104 valence electrons. The van der Waals surface area contributed by atoms with Gasteiger partial charge in [-0.2, -0.15) is 0 Å². The molecular weight excluding hydrogens is 240 g/mol. The van der Waals surface area contributed by atoms with E-state index in [4.69, 9.17) is 9.47 Å². The van der Waals surface area contributed by atoms with E-state index in [0.717, 1.165) is 48.3 Å². The molecule has 1 fully saturated rings. The van der Waals surface area contributed by atoms with Gasteiger partial charge in [-0.25, -0.2) is 0 Å². The summed E-state index contributed by atoms with van der Waals surface area (Å²) < 4.78 is 11.0. The Morgan fingerprint density at radius 3 is 2.74 bits per heavy atom. The first-order valence-corrected chi connectivity index (χ1v) is 6.97. The van der Waals surface area contributed by atoms with Gasteiger partial charge in [-0.15, -0.1) is 0 Å². The van der Waals surface area contributed by atoms with E-state index in [0.29, 0.717) is 6.42 Å². The molecule has 3 nitrogen and oxygen atoms in total. The number of benzene rings is 1. The van der Waals surface area contributed by atoms with Crippen LogP contribution in [0.2, 0.25) is 0 Å². The standard InChI is InChI=1S/C16H22O3/c1-11-6-7-12(2)16(13(11)3)19-15(17)9-8-14-5-4-10-18-14/h6-7,14H,4-5,8-10H2,1-3H3. The van der Waals surface area contributed by atoms with Crippen LogP contribution < -0.4 is 4.74 Å². The first kappa shape index (κ1) is 14.1. The van der Waals surface area contributed by atoms with Crippen molar-refractivity contribution in [2.75, 3.05) is 6.61 Å². The highest BCUT2D eigenvalue weighted by Crippen LogP contribution is 2.26. The molecule has 1 heterocycles. The van der Waals surface area contributed by atoms with Crippen molar-refractivity contribution in [3.63, 3.8) is 0 Å². The molecular formula is C16H22O3. The van der Waals surface area contributed by atoms with Crippen molar-refractivity contribution in [2.24, 2.45) is 0 Å². The zero-order valence-corrected chi connectivity index (χ0v) is 12.0. The van der Waals surface area contributed by atoms with E-state index in [1.165, 1.54) is 0 Å². The van der Waals surface area contributed by atoms with Crippen LogP contribution in [0.4, 0.5) is 0 Å². The summed E-state index contributed by atoms with van der Waals surface area (Å²) in [5, 5.41) is 0. The molecule has 1 aromatic rings. The Bertz CT molecular complexity index is 459. The van der Waals surface area contributed by atoms with Gasteiger partial charge < -0.3 is 9.47 Å². The molecule has 0 radical (unpaired) electrons. The van der Waals surface area contributed by atoms with Gasteiger partial charge in [-0.05, 0) is 56.7 Å². The summed E-state index contributed by atoms with van der Waals surface area (Å²) in [6.45, 7) is 6.81. The third kappa shape index (κ3) is 3.57. The second-order valence-electron chi connectivity index (χ2n) is 5.30. The highest BCUT2D eigenvalue weighted by atomic mass is 16.5. The van der Waals surface area contributed by atoms with Crippen LogP contribution in [0.25, 0.3) is 0 Å². The summed E-state index contributed by atoms with van der Waals surface area (Å²) in [5.74, 6) is 0.560. The fourth-order valence-electron chi connectivity index (χ4n) is 2.40. The molecule has 3 heteroatoms. The minimum absolute atomic E-state index is 0.160. The largest absolute Gasteiger partial charge is 0.426 e. The molecule has 1 saturated heterocycles. The Balaban J connectivity index is 1.93. The van der Waals surface area contributed by atoms with Crippen LogP contribution in [0.15, 0.2) is 12.1 Å². The van der Waals surface area contributed by atoms with E-state index in [-0.39, 0.29) is 12.1 Å². The predicted molar refractivity (Wildman–Crippen MR) is 74.5 cm³/mol. The van der Waals surface area contributed by atoms with Crippen molar-refractivity contribution >= 4 is 5.97 Å². The molecule has 1 aliphatic rings. The van der Waals surface area contributed by atoms with Crippen LogP contribution in [0.3, 0.4) is 0 Å². The molecule has 1 aromatic carbocycles. The summed E-state index contributed by atoms with van der Waals surface area (Å²) in [7, 11) is 0. The van der Waals surface area contributed by atoms with Gasteiger partial charge in [0.1, 0.15) is 5.75 Å². The quantitative estimate of drug-likeness (QED) is 0.615. The summed E-state index contributed by atoms with van der Waals surface area (Å²) in [6, 6.07) is 4.04. The Morgan fingerprint density at radius 2 is 2.05 bits per heavy atom. The van der Waals surface area contributed by atoms with Crippen molar-refractivity contribution in [3.8, 4) is 5.75 Å². The van der Waals surface area contributed by atoms with Crippen molar-refractivity contribution in [2.45, 2.75) is 52.6 Å². The van der Waals surface area contributed by atoms with E-state index >= 15 is 0 Å². The monoisotopic (exact) mass is 262 g/mol. The number of carbonyl (C=O) groups is 1. The second kappa shape index (κ2) is 6.20. The van der Waals surface area contributed by atoms with Crippen LogP contribution in [0.5, 0.6) is 5.75 Å². The fourth-order valence-corrected chi connectivity index (χ4v) is 2.40. The smallest absolute Gasteiger partial charge is 0.311 e. The van der Waals surface area contributed by atoms with Gasteiger partial charge in [0.05, 0.1) is 6.10 Å². The number of carbonyl (C=O) groups excluding carboxylic acids is 1. The van der Waals surface area contributed by atoms with E-state index in [2.05, 4.69) is 0 Å². The predicted octanol–water partition coefficient (Wildman–Crippen LogP) is 3.48. The normalized spacial score (nSPS) is 18.6. The van der Waals surface area contributed by atoms with Crippen LogP contribution in [0.1, 0.15) is 42.4 Å². The van der Waals surface area contributed by atoms with E-state index in [1.54, 1.807) is 0 Å². The number of esters is 1. The van der Waals surface area contributed by atoms with Gasteiger partial charge in [0, 0.05) is 13.0 Å². The van der Waals surface area contributed by atoms with Gasteiger partial charge in [0.25, 0.3) is 0 Å². The van der Waals surface area contributed by atoms with Gasteiger partial charge in [0.2, 0.25) is 0 Å². The Kier molecular flexibility index (Phi) is 4.59. The molecule has 0 aliphatic carbocycles. The van der Waals surface area contributed by atoms with E-state index < -0.39 is 0 Å². The van der Waals surface area contributed by atoms with Crippen molar-refractivity contribution in [1.29, 1.82) is 0 Å². The zero-order chi connectivity index (χ0) is 13.8. The summed E-state index contributed by atoms with van der Waals surface area (Å²) in [4.78, 5) is 11.9. The van der Waals surface area contributed by atoms with Crippen LogP contribution in [-0.4, -0.2) is 18.7 Å². The number of rotatable bonds is 4. The first-order chi connectivity index (χ1) is 9.08. The van der Waals surface area contributed by atoms with Gasteiger partial charge in [0.15, 0.2) is 0 Å². The Hall–Kier alpha value is -1.35. The second-order valence-corrected chi connectivity index (χ2v) is 5.30. The van der Waals surface area contributed by atoms with Crippen molar-refractivity contribution in [3.05, 3.63) is 28.8 Å². The lowest BCUT2D eigenvalue weighted by Crippen LogP contribution is -2.14. The summed E-state index contributed by atoms with van der Waals surface area (Å²) >= 11 is 0. The maximum Gasteiger partial charge on any atom is 0.311 e. The lowest BCUT2D eigenvalue weighted by atomic mass is 10.1. The highest BCUT2D eigenvalue weighted by molar-refractivity contribution is 5.73. The summed E-state index contributed by atoms with van der Waals surface area (Å²) in [5.41, 5.74) is 3.20. The summed E-state index contributed by atoms with van der Waals surface area (Å²) in [6.07, 6.45) is 3.61. The maximum atomic E-state index is 11.9.